The van der Waals surface area contributed by atoms with Gasteiger partial charge in [-0.05, 0) is 61.1 Å². The van der Waals surface area contributed by atoms with E-state index in [4.69, 9.17) is 0 Å². The molecule has 3 saturated carbocycles. The van der Waals surface area contributed by atoms with Gasteiger partial charge in [0.05, 0.1) is 11.0 Å². The summed E-state index contributed by atoms with van der Waals surface area (Å²) in [6, 6.07) is 4.82. The average Bonchev–Trinajstić information content (AvgIpc) is 2.75. The summed E-state index contributed by atoms with van der Waals surface area (Å²) in [5, 5.41) is 0. The Balaban J connectivity index is 1.56. The lowest BCUT2D eigenvalue weighted by atomic mass is 10.0. The van der Waals surface area contributed by atoms with Crippen LogP contribution in [0.2, 0.25) is 0 Å². The lowest BCUT2D eigenvalue weighted by Gasteiger charge is -2.05. The van der Waals surface area contributed by atoms with E-state index >= 15 is 0 Å². The molecule has 18 heavy (non-hydrogen) atoms. The van der Waals surface area contributed by atoms with Gasteiger partial charge in [-0.15, -0.1) is 0 Å². The van der Waals surface area contributed by atoms with Gasteiger partial charge >= 0.3 is 0 Å². The number of halogens is 1. The molecule has 4 atom stereocenters. The highest BCUT2D eigenvalue weighted by molar-refractivity contribution is 5.75. The largest absolute Gasteiger partial charge is 0.342 e. The molecule has 2 bridgehead atoms. The zero-order valence-corrected chi connectivity index (χ0v) is 10.1. The minimum atomic E-state index is -0.186. The summed E-state index contributed by atoms with van der Waals surface area (Å²) in [5.74, 6) is 5.25. The van der Waals surface area contributed by atoms with E-state index in [0.29, 0.717) is 5.92 Å². The van der Waals surface area contributed by atoms with Crippen molar-refractivity contribution in [2.45, 2.75) is 25.2 Å². The molecule has 4 unspecified atom stereocenters. The molecule has 0 amide bonds. The van der Waals surface area contributed by atoms with E-state index in [1.807, 2.05) is 0 Å². The van der Waals surface area contributed by atoms with Crippen LogP contribution >= 0.6 is 0 Å². The van der Waals surface area contributed by atoms with Gasteiger partial charge in [0.25, 0.3) is 0 Å². The Morgan fingerprint density at radius 2 is 1.94 bits per heavy atom. The zero-order chi connectivity index (χ0) is 11.9. The van der Waals surface area contributed by atoms with Crippen LogP contribution in [0.5, 0.6) is 0 Å². The highest BCUT2D eigenvalue weighted by atomic mass is 19.1. The average molecular weight is 242 g/mol. The van der Waals surface area contributed by atoms with E-state index in [-0.39, 0.29) is 5.82 Å². The number of nitrogens with zero attached hydrogens (tertiary/aromatic N) is 1. The first-order valence-electron chi connectivity index (χ1n) is 6.96. The number of benzene rings is 1. The van der Waals surface area contributed by atoms with Crippen LogP contribution in [-0.2, 0) is 0 Å². The molecule has 0 aliphatic heterocycles. The van der Waals surface area contributed by atoms with Crippen molar-refractivity contribution < 1.29 is 4.39 Å². The first-order chi connectivity index (χ1) is 8.81. The van der Waals surface area contributed by atoms with E-state index in [1.165, 1.54) is 25.3 Å². The lowest BCUT2D eigenvalue weighted by molar-refractivity contribution is 0.456. The fourth-order valence-electron chi connectivity index (χ4n) is 4.85. The van der Waals surface area contributed by atoms with E-state index in [9.17, 15) is 4.39 Å². The molecule has 0 saturated heterocycles. The van der Waals surface area contributed by atoms with E-state index in [2.05, 4.69) is 9.97 Å². The Morgan fingerprint density at radius 1 is 1.17 bits per heavy atom. The third-order valence-electron chi connectivity index (χ3n) is 5.51. The SMILES string of the molecule is Fc1ccc2nc(C3C4C5CCC(C5)C34)[nH]c2c1. The highest BCUT2D eigenvalue weighted by Crippen LogP contribution is 2.72. The number of rotatable bonds is 1. The second-order valence-electron chi connectivity index (χ2n) is 6.30. The molecule has 3 heteroatoms. The molecular formula is C15H15FN2. The number of aromatic amines is 1. The summed E-state index contributed by atoms with van der Waals surface area (Å²) in [5.41, 5.74) is 1.76. The Hall–Kier alpha value is -1.38. The van der Waals surface area contributed by atoms with Crippen LogP contribution in [0.15, 0.2) is 18.2 Å². The minimum Gasteiger partial charge on any atom is -0.342 e. The molecule has 2 aromatic rings. The van der Waals surface area contributed by atoms with Gasteiger partial charge in [-0.2, -0.15) is 0 Å². The first-order valence-corrected chi connectivity index (χ1v) is 6.96. The molecule has 1 aromatic heterocycles. The number of imidazole rings is 1. The van der Waals surface area contributed by atoms with Crippen LogP contribution < -0.4 is 0 Å². The molecule has 5 rings (SSSR count). The van der Waals surface area contributed by atoms with E-state index < -0.39 is 0 Å². The summed E-state index contributed by atoms with van der Waals surface area (Å²) in [4.78, 5) is 8.02. The standard InChI is InChI=1S/C15H15FN2/c16-9-3-4-10-11(6-9)18-15(17-10)14-12-7-1-2-8(5-7)13(12)14/h3-4,6-8,12-14H,1-2,5H2,(H,17,18). The van der Waals surface area contributed by atoms with Crippen LogP contribution in [0.25, 0.3) is 11.0 Å². The fourth-order valence-corrected chi connectivity index (χ4v) is 4.85. The maximum absolute atomic E-state index is 13.2. The normalized spacial score (nSPS) is 40.4. The van der Waals surface area contributed by atoms with Crippen LogP contribution in [0.1, 0.15) is 31.0 Å². The quantitative estimate of drug-likeness (QED) is 0.815. The first kappa shape index (κ1) is 9.54. The number of hydrogen-bond donors (Lipinski definition) is 1. The molecule has 0 spiro atoms. The third-order valence-corrected chi connectivity index (χ3v) is 5.51. The summed E-state index contributed by atoms with van der Waals surface area (Å²) < 4.78 is 13.2. The molecule has 3 aliphatic carbocycles. The van der Waals surface area contributed by atoms with Crippen molar-refractivity contribution in [3.63, 3.8) is 0 Å². The van der Waals surface area contributed by atoms with Crippen LogP contribution in [0.3, 0.4) is 0 Å². The van der Waals surface area contributed by atoms with E-state index in [0.717, 1.165) is 40.5 Å². The molecule has 3 aliphatic rings. The van der Waals surface area contributed by atoms with Crippen molar-refractivity contribution in [3.05, 3.63) is 29.8 Å². The van der Waals surface area contributed by atoms with Crippen molar-refractivity contribution in [1.29, 1.82) is 0 Å². The molecule has 1 aromatic carbocycles. The lowest BCUT2D eigenvalue weighted by Crippen LogP contribution is -1.98. The number of nitrogens with one attached hydrogen (secondary N) is 1. The van der Waals surface area contributed by atoms with E-state index in [1.54, 1.807) is 12.1 Å². The van der Waals surface area contributed by atoms with Crippen molar-refractivity contribution in [1.82, 2.24) is 9.97 Å². The van der Waals surface area contributed by atoms with Gasteiger partial charge in [0.15, 0.2) is 0 Å². The predicted molar refractivity (Wildman–Crippen MR) is 66.6 cm³/mol. The van der Waals surface area contributed by atoms with Gasteiger partial charge in [-0.3, -0.25) is 0 Å². The molecule has 2 nitrogen and oxygen atoms in total. The van der Waals surface area contributed by atoms with Crippen molar-refractivity contribution in [2.75, 3.05) is 0 Å². The number of hydrogen-bond acceptors (Lipinski definition) is 1. The molecular weight excluding hydrogens is 227 g/mol. The molecule has 0 radical (unpaired) electrons. The summed E-state index contributed by atoms with van der Waals surface area (Å²) in [6.45, 7) is 0. The van der Waals surface area contributed by atoms with Crippen LogP contribution in [-0.4, -0.2) is 9.97 Å². The maximum Gasteiger partial charge on any atom is 0.125 e. The third kappa shape index (κ3) is 1.06. The topological polar surface area (TPSA) is 28.7 Å². The summed E-state index contributed by atoms with van der Waals surface area (Å²) in [6.07, 6.45) is 4.31. The van der Waals surface area contributed by atoms with Gasteiger partial charge < -0.3 is 4.98 Å². The molecule has 1 N–H and O–H groups in total. The summed E-state index contributed by atoms with van der Waals surface area (Å²) >= 11 is 0. The van der Waals surface area contributed by atoms with Crippen LogP contribution in [0.4, 0.5) is 4.39 Å². The number of H-pyrrole nitrogens is 1. The Morgan fingerprint density at radius 3 is 2.72 bits per heavy atom. The predicted octanol–water partition coefficient (Wildman–Crippen LogP) is 3.46. The smallest absolute Gasteiger partial charge is 0.125 e. The van der Waals surface area contributed by atoms with Gasteiger partial charge in [0.2, 0.25) is 0 Å². The van der Waals surface area contributed by atoms with Gasteiger partial charge in [0, 0.05) is 5.92 Å². The number of aromatic nitrogens is 2. The molecule has 3 fully saturated rings. The van der Waals surface area contributed by atoms with Gasteiger partial charge in [0.1, 0.15) is 11.6 Å². The highest BCUT2D eigenvalue weighted by Gasteiger charge is 2.66. The molecule has 1 heterocycles. The second kappa shape index (κ2) is 2.95. The maximum atomic E-state index is 13.2. The zero-order valence-electron chi connectivity index (χ0n) is 10.1. The minimum absolute atomic E-state index is 0.186. The fraction of sp³-hybridized carbons (Fsp3) is 0.533. The molecule has 92 valence electrons. The monoisotopic (exact) mass is 242 g/mol. The Labute approximate surface area is 105 Å². The van der Waals surface area contributed by atoms with Crippen molar-refractivity contribution in [3.8, 4) is 0 Å². The van der Waals surface area contributed by atoms with Crippen molar-refractivity contribution >= 4 is 11.0 Å². The van der Waals surface area contributed by atoms with Gasteiger partial charge in [-0.25, -0.2) is 9.37 Å². The van der Waals surface area contributed by atoms with Crippen molar-refractivity contribution in [2.24, 2.45) is 23.7 Å². The number of fused-ring (bicyclic) bond motifs is 6. The Kier molecular flexibility index (Phi) is 1.57. The second-order valence-corrected chi connectivity index (χ2v) is 6.30. The Bertz CT molecular complexity index is 631. The van der Waals surface area contributed by atoms with Gasteiger partial charge in [-0.1, -0.05) is 0 Å². The summed E-state index contributed by atoms with van der Waals surface area (Å²) in [7, 11) is 0. The van der Waals surface area contributed by atoms with Crippen LogP contribution in [0, 0.1) is 29.5 Å².